The highest BCUT2D eigenvalue weighted by Crippen LogP contribution is 2.22. The largest absolute Gasteiger partial charge is 0.372 e. The van der Waals surface area contributed by atoms with Gasteiger partial charge in [-0.1, -0.05) is 0 Å². The zero-order chi connectivity index (χ0) is 14.7. The number of nitrogens with zero attached hydrogens (tertiary/aromatic N) is 1. The van der Waals surface area contributed by atoms with Crippen molar-refractivity contribution in [3.63, 3.8) is 0 Å². The van der Waals surface area contributed by atoms with Crippen LogP contribution in [-0.4, -0.2) is 24.0 Å². The molecule has 3 rings (SSSR count). The van der Waals surface area contributed by atoms with Gasteiger partial charge < -0.3 is 15.2 Å². The van der Waals surface area contributed by atoms with Crippen molar-refractivity contribution in [3.05, 3.63) is 58.5 Å². The molecule has 0 atom stereocenters. The summed E-state index contributed by atoms with van der Waals surface area (Å²) >= 11 is 0. The van der Waals surface area contributed by atoms with Crippen LogP contribution < -0.4 is 15.8 Å². The maximum atomic E-state index is 12.0. The zero-order valence-electron chi connectivity index (χ0n) is 11.6. The number of rotatable bonds is 3. The van der Waals surface area contributed by atoms with E-state index in [4.69, 9.17) is 0 Å². The average molecular weight is 283 g/mol. The summed E-state index contributed by atoms with van der Waals surface area (Å²) in [5, 5.41) is 2.82. The molecule has 0 unspecified atom stereocenters. The highest BCUT2D eigenvalue weighted by atomic mass is 16.1. The highest BCUT2D eigenvalue weighted by molar-refractivity contribution is 6.04. The minimum absolute atomic E-state index is 0.221. The van der Waals surface area contributed by atoms with E-state index in [2.05, 4.69) is 15.2 Å². The molecule has 1 aromatic carbocycles. The summed E-state index contributed by atoms with van der Waals surface area (Å²) in [7, 11) is 0. The Hall–Kier alpha value is -2.56. The molecule has 1 fully saturated rings. The lowest BCUT2D eigenvalue weighted by Gasteiger charge is -2.17. The van der Waals surface area contributed by atoms with Crippen LogP contribution >= 0.6 is 0 Å². The third kappa shape index (κ3) is 3.13. The van der Waals surface area contributed by atoms with Gasteiger partial charge in [-0.3, -0.25) is 9.59 Å². The average Bonchev–Trinajstić information content (AvgIpc) is 3.03. The van der Waals surface area contributed by atoms with Crippen LogP contribution in [0.1, 0.15) is 23.2 Å². The summed E-state index contributed by atoms with van der Waals surface area (Å²) < 4.78 is 0. The molecule has 1 aromatic heterocycles. The first-order valence-corrected chi connectivity index (χ1v) is 7.07. The third-order valence-electron chi connectivity index (χ3n) is 3.64. The molecule has 5 nitrogen and oxygen atoms in total. The molecule has 0 saturated carbocycles. The van der Waals surface area contributed by atoms with E-state index < -0.39 is 0 Å². The quantitative estimate of drug-likeness (QED) is 0.908. The monoisotopic (exact) mass is 283 g/mol. The van der Waals surface area contributed by atoms with Crippen LogP contribution in [0.4, 0.5) is 11.4 Å². The first-order chi connectivity index (χ1) is 10.2. The summed E-state index contributed by atoms with van der Waals surface area (Å²) in [6.45, 7) is 2.20. The number of aromatic amines is 1. The SMILES string of the molecule is O=C(Nc1ccc(N2CCCC2)cc1)c1ccc(=O)[nH]c1. The molecular formula is C16H17N3O2. The second-order valence-corrected chi connectivity index (χ2v) is 5.14. The van der Waals surface area contributed by atoms with Crippen molar-refractivity contribution in [1.82, 2.24) is 4.98 Å². The molecule has 2 heterocycles. The van der Waals surface area contributed by atoms with Crippen LogP contribution in [-0.2, 0) is 0 Å². The number of benzene rings is 1. The van der Waals surface area contributed by atoms with Gasteiger partial charge in [0.25, 0.3) is 5.91 Å². The number of hydrogen-bond acceptors (Lipinski definition) is 3. The Kier molecular flexibility index (Phi) is 3.73. The van der Waals surface area contributed by atoms with Gasteiger partial charge in [0, 0.05) is 36.7 Å². The van der Waals surface area contributed by atoms with E-state index in [1.807, 2.05) is 24.3 Å². The van der Waals surface area contributed by atoms with Gasteiger partial charge in [-0.15, -0.1) is 0 Å². The predicted octanol–water partition coefficient (Wildman–Crippen LogP) is 2.23. The number of amides is 1. The number of carbonyl (C=O) groups excluding carboxylic acids is 1. The molecule has 1 aliphatic rings. The Balaban J connectivity index is 1.68. The van der Waals surface area contributed by atoms with Crippen molar-refractivity contribution in [2.45, 2.75) is 12.8 Å². The molecule has 108 valence electrons. The number of nitrogens with one attached hydrogen (secondary N) is 2. The topological polar surface area (TPSA) is 65.2 Å². The molecule has 0 aliphatic carbocycles. The van der Waals surface area contributed by atoms with Gasteiger partial charge in [0.05, 0.1) is 5.56 Å². The van der Waals surface area contributed by atoms with Crippen LogP contribution in [0.15, 0.2) is 47.4 Å². The molecular weight excluding hydrogens is 266 g/mol. The van der Waals surface area contributed by atoms with Crippen LogP contribution in [0.5, 0.6) is 0 Å². The molecule has 1 aliphatic heterocycles. The Morgan fingerprint density at radius 3 is 2.38 bits per heavy atom. The third-order valence-corrected chi connectivity index (χ3v) is 3.64. The predicted molar refractivity (Wildman–Crippen MR) is 82.9 cm³/mol. The zero-order valence-corrected chi connectivity index (χ0v) is 11.6. The van der Waals surface area contributed by atoms with Crippen LogP contribution in [0.2, 0.25) is 0 Å². The molecule has 1 saturated heterocycles. The lowest BCUT2D eigenvalue weighted by atomic mass is 10.2. The lowest BCUT2D eigenvalue weighted by Crippen LogP contribution is -2.17. The smallest absolute Gasteiger partial charge is 0.257 e. The van der Waals surface area contributed by atoms with Crippen molar-refractivity contribution >= 4 is 17.3 Å². The lowest BCUT2D eigenvalue weighted by molar-refractivity contribution is 0.102. The minimum atomic E-state index is -0.236. The first-order valence-electron chi connectivity index (χ1n) is 7.07. The Morgan fingerprint density at radius 1 is 1.05 bits per heavy atom. The van der Waals surface area contributed by atoms with E-state index in [-0.39, 0.29) is 11.5 Å². The van der Waals surface area contributed by atoms with Crippen molar-refractivity contribution in [1.29, 1.82) is 0 Å². The minimum Gasteiger partial charge on any atom is -0.372 e. The molecule has 21 heavy (non-hydrogen) atoms. The molecule has 2 N–H and O–H groups in total. The molecule has 0 spiro atoms. The standard InChI is InChI=1S/C16H17N3O2/c20-15-8-3-12(11-17-15)16(21)18-13-4-6-14(7-5-13)19-9-1-2-10-19/h3-8,11H,1-2,9-10H2,(H,17,20)(H,18,21). The van der Waals surface area contributed by atoms with Crippen molar-refractivity contribution < 1.29 is 4.79 Å². The van der Waals surface area contributed by atoms with Crippen LogP contribution in [0, 0.1) is 0 Å². The molecule has 0 bridgehead atoms. The van der Waals surface area contributed by atoms with E-state index in [1.165, 1.54) is 36.9 Å². The fourth-order valence-electron chi connectivity index (χ4n) is 2.49. The normalized spacial score (nSPS) is 14.2. The van der Waals surface area contributed by atoms with Gasteiger partial charge in [-0.25, -0.2) is 0 Å². The van der Waals surface area contributed by atoms with E-state index in [1.54, 1.807) is 0 Å². The van der Waals surface area contributed by atoms with E-state index in [0.717, 1.165) is 18.8 Å². The Morgan fingerprint density at radius 2 is 1.76 bits per heavy atom. The summed E-state index contributed by atoms with van der Waals surface area (Å²) in [6.07, 6.45) is 3.89. The van der Waals surface area contributed by atoms with Gasteiger partial charge in [0.2, 0.25) is 5.56 Å². The van der Waals surface area contributed by atoms with Crippen molar-refractivity contribution in [3.8, 4) is 0 Å². The van der Waals surface area contributed by atoms with E-state index in [9.17, 15) is 9.59 Å². The number of hydrogen-bond donors (Lipinski definition) is 2. The van der Waals surface area contributed by atoms with Crippen LogP contribution in [0.25, 0.3) is 0 Å². The number of pyridine rings is 1. The van der Waals surface area contributed by atoms with Crippen LogP contribution in [0.3, 0.4) is 0 Å². The molecule has 0 radical (unpaired) electrons. The fraction of sp³-hybridized carbons (Fsp3) is 0.250. The Labute approximate surface area is 122 Å². The molecule has 2 aromatic rings. The van der Waals surface area contributed by atoms with Gasteiger partial charge in [-0.2, -0.15) is 0 Å². The van der Waals surface area contributed by atoms with E-state index >= 15 is 0 Å². The highest BCUT2D eigenvalue weighted by Gasteiger charge is 2.12. The van der Waals surface area contributed by atoms with Crippen molar-refractivity contribution in [2.75, 3.05) is 23.3 Å². The summed E-state index contributed by atoms with van der Waals surface area (Å²) in [6, 6.07) is 10.7. The van der Waals surface area contributed by atoms with Gasteiger partial charge in [0.15, 0.2) is 0 Å². The summed E-state index contributed by atoms with van der Waals surface area (Å²) in [4.78, 5) is 27.8. The number of H-pyrrole nitrogens is 1. The van der Waals surface area contributed by atoms with Gasteiger partial charge in [0.1, 0.15) is 0 Å². The second-order valence-electron chi connectivity index (χ2n) is 5.14. The second kappa shape index (κ2) is 5.83. The van der Waals surface area contributed by atoms with Gasteiger partial charge >= 0.3 is 0 Å². The van der Waals surface area contributed by atoms with E-state index in [0.29, 0.717) is 5.56 Å². The van der Waals surface area contributed by atoms with Crippen molar-refractivity contribution in [2.24, 2.45) is 0 Å². The Bertz CT molecular complexity index is 665. The first kappa shape index (κ1) is 13.4. The van der Waals surface area contributed by atoms with Gasteiger partial charge in [-0.05, 0) is 43.2 Å². The fourth-order valence-corrected chi connectivity index (χ4v) is 2.49. The number of carbonyl (C=O) groups is 1. The molecule has 5 heteroatoms. The maximum absolute atomic E-state index is 12.0. The number of anilines is 2. The summed E-state index contributed by atoms with van der Waals surface area (Å²) in [5.41, 5.74) is 2.14. The molecule has 1 amide bonds. The number of aromatic nitrogens is 1. The summed E-state index contributed by atoms with van der Waals surface area (Å²) in [5.74, 6) is -0.236. The maximum Gasteiger partial charge on any atom is 0.257 e.